The molecule has 0 radical (unpaired) electrons. The highest BCUT2D eigenvalue weighted by Gasteiger charge is 2.57. The van der Waals surface area contributed by atoms with Gasteiger partial charge in [-0.1, -0.05) is 12.1 Å². The Kier molecular flexibility index (Phi) is 9.54. The van der Waals surface area contributed by atoms with E-state index >= 15 is 0 Å². The van der Waals surface area contributed by atoms with E-state index in [4.69, 9.17) is 28.1 Å². The summed E-state index contributed by atoms with van der Waals surface area (Å²) in [5, 5.41) is 10.8. The first-order valence-corrected chi connectivity index (χ1v) is 11.6. The van der Waals surface area contributed by atoms with Gasteiger partial charge in [0.1, 0.15) is 23.8 Å². The fourth-order valence-electron chi connectivity index (χ4n) is 3.36. The van der Waals surface area contributed by atoms with Gasteiger partial charge < -0.3 is 9.47 Å². The third kappa shape index (κ3) is 12.2. The van der Waals surface area contributed by atoms with Gasteiger partial charge in [0.05, 0.1) is 4.92 Å². The number of carbonyl (C=O) groups excluding carboxylic acids is 2. The Morgan fingerprint density at radius 3 is 1.65 bits per heavy atom. The molecule has 0 aromatic heterocycles. The number of esters is 2. The van der Waals surface area contributed by atoms with Crippen LogP contribution in [-0.2, 0) is 25.5 Å². The van der Waals surface area contributed by atoms with E-state index in [9.17, 15) is 19.7 Å². The van der Waals surface area contributed by atoms with Gasteiger partial charge in [0.25, 0.3) is 5.69 Å². The molecule has 2 rings (SSSR count). The van der Waals surface area contributed by atoms with Crippen LogP contribution >= 0.6 is 0 Å². The summed E-state index contributed by atoms with van der Waals surface area (Å²) in [6.45, 7) is 11.7. The smallest absolute Gasteiger partial charge is 0.362 e. The molecule has 1 aliphatic heterocycles. The molecule has 1 heterocycles. The van der Waals surface area contributed by atoms with Gasteiger partial charge in [0.2, 0.25) is 0 Å². The third-order valence-electron chi connectivity index (χ3n) is 4.56. The second-order valence-corrected chi connectivity index (χ2v) is 10.8. The average Bonchev–Trinajstić information content (AvgIpc) is 3.20. The zero-order valence-corrected chi connectivity index (χ0v) is 20.8. The Hall–Kier alpha value is -2.35. The zero-order chi connectivity index (χ0) is 26.5. The first-order chi connectivity index (χ1) is 15.2. The maximum absolute atomic E-state index is 12.4. The summed E-state index contributed by atoms with van der Waals surface area (Å²) in [6, 6.07) is 6.41. The summed E-state index contributed by atoms with van der Waals surface area (Å²) in [5.41, 5.74) is -0.241. The molecule has 0 amide bonds. The highest BCUT2D eigenvalue weighted by atomic mass is 35.7. The van der Waals surface area contributed by atoms with Gasteiger partial charge in [-0.2, -0.15) is 0 Å². The van der Waals surface area contributed by atoms with Crippen molar-refractivity contribution in [3.63, 3.8) is 0 Å². The summed E-state index contributed by atoms with van der Waals surface area (Å²) < 4.78 is 45.2. The van der Waals surface area contributed by atoms with Crippen molar-refractivity contribution in [3.05, 3.63) is 39.9 Å². The highest BCUT2D eigenvalue weighted by molar-refractivity contribution is 5.74. The van der Waals surface area contributed by atoms with Gasteiger partial charge >= 0.3 is 11.9 Å². The number of nitro benzene ring substituents is 1. The van der Waals surface area contributed by atoms with Crippen LogP contribution in [0, 0.1) is 20.4 Å². The second-order valence-electron chi connectivity index (χ2n) is 10.0. The molecule has 0 unspecified atom stereocenters. The number of halogens is 1. The number of nitro groups is 1. The lowest BCUT2D eigenvalue weighted by molar-refractivity contribution is -2.00. The van der Waals surface area contributed by atoms with Crippen molar-refractivity contribution in [2.45, 2.75) is 65.2 Å². The molecule has 1 atom stereocenters. The molecular formula is C21H31ClN2O10. The Morgan fingerprint density at radius 1 is 0.941 bits per heavy atom. The first-order valence-electron chi connectivity index (χ1n) is 10.3. The highest BCUT2D eigenvalue weighted by Crippen LogP contribution is 2.34. The molecule has 12 nitrogen and oxygen atoms in total. The number of benzene rings is 1. The largest absolute Gasteiger partial charge is 0.456 e. The number of rotatable bonds is 7. The van der Waals surface area contributed by atoms with E-state index in [2.05, 4.69) is 0 Å². The molecule has 0 spiro atoms. The number of ether oxygens (including phenoxy) is 2. The summed E-state index contributed by atoms with van der Waals surface area (Å²) in [6.07, 6.45) is 0.615. The molecule has 1 aromatic carbocycles. The van der Waals surface area contributed by atoms with E-state index in [0.717, 1.165) is 5.56 Å². The van der Waals surface area contributed by atoms with Crippen molar-refractivity contribution in [1.82, 2.24) is 0 Å². The van der Waals surface area contributed by atoms with E-state index in [1.54, 1.807) is 53.7 Å². The van der Waals surface area contributed by atoms with Gasteiger partial charge in [0.15, 0.2) is 13.1 Å². The number of hydrogen-bond acceptors (Lipinski definition) is 10. The standard InChI is InChI=1S/C21H31N2O6.ClHO4/c1-20(2,3)28-18(24)13-23(14-19(25)29-21(4,5)6)12-17(23)11-15-7-9-16(10-8-15)22(26)27;2-1(3,4)5/h7-10,17H,11-14H2,1-6H3;(H,2,3,4,5)/q+1;/p-1/t17-;/m0./s1. The van der Waals surface area contributed by atoms with Crippen LogP contribution in [0.4, 0.5) is 5.69 Å². The molecule has 1 aliphatic rings. The van der Waals surface area contributed by atoms with E-state index in [1.807, 2.05) is 0 Å². The minimum absolute atomic E-state index is 0.0350. The molecule has 13 heteroatoms. The molecule has 0 N–H and O–H groups in total. The van der Waals surface area contributed by atoms with Crippen LogP contribution in [0.5, 0.6) is 0 Å². The van der Waals surface area contributed by atoms with Crippen LogP contribution in [0.15, 0.2) is 24.3 Å². The predicted molar refractivity (Wildman–Crippen MR) is 107 cm³/mol. The Balaban J connectivity index is 0.00000104. The zero-order valence-electron chi connectivity index (χ0n) is 20.1. The van der Waals surface area contributed by atoms with Crippen molar-refractivity contribution in [1.29, 1.82) is 0 Å². The monoisotopic (exact) mass is 506 g/mol. The number of nitrogens with zero attached hydrogens (tertiary/aromatic N) is 2. The molecule has 0 bridgehead atoms. The van der Waals surface area contributed by atoms with Crippen LogP contribution < -0.4 is 18.6 Å². The van der Waals surface area contributed by atoms with E-state index in [-0.39, 0.29) is 41.2 Å². The third-order valence-corrected chi connectivity index (χ3v) is 4.56. The van der Waals surface area contributed by atoms with Gasteiger partial charge in [-0.05, 0) is 47.1 Å². The van der Waals surface area contributed by atoms with Crippen molar-refractivity contribution >= 4 is 17.6 Å². The molecule has 192 valence electrons. The maximum Gasteiger partial charge on any atom is 0.362 e. The summed E-state index contributed by atoms with van der Waals surface area (Å²) in [5.74, 6) is -0.709. The van der Waals surface area contributed by atoms with Crippen LogP contribution in [0.25, 0.3) is 0 Å². The SMILES string of the molecule is CC(C)(C)OC(=O)C[N+]1(CC(=O)OC(C)(C)C)C[C@@H]1Cc1ccc([N+](=O)[O-])cc1.[O-][Cl+3]([O-])([O-])[O-]. The minimum atomic E-state index is -4.94. The summed E-state index contributed by atoms with van der Waals surface area (Å²) >= 11 is 0. The number of hydrogen-bond donors (Lipinski definition) is 0. The second kappa shape index (κ2) is 10.9. The molecule has 1 fully saturated rings. The maximum atomic E-state index is 12.4. The molecular weight excluding hydrogens is 476 g/mol. The van der Waals surface area contributed by atoms with Gasteiger partial charge in [-0.15, -0.1) is 10.2 Å². The normalized spacial score (nSPS) is 17.2. The molecule has 34 heavy (non-hydrogen) atoms. The Morgan fingerprint density at radius 2 is 1.32 bits per heavy atom. The topological polar surface area (TPSA) is 188 Å². The molecule has 0 aliphatic carbocycles. The van der Waals surface area contributed by atoms with Crippen molar-refractivity contribution in [2.75, 3.05) is 19.6 Å². The van der Waals surface area contributed by atoms with E-state index in [0.29, 0.717) is 13.0 Å². The van der Waals surface area contributed by atoms with E-state index < -0.39 is 26.4 Å². The lowest BCUT2D eigenvalue weighted by atomic mass is 10.1. The Bertz CT molecular complexity index is 834. The molecule has 1 aromatic rings. The fourth-order valence-corrected chi connectivity index (χ4v) is 3.36. The van der Waals surface area contributed by atoms with Crippen LogP contribution in [0.2, 0.25) is 0 Å². The van der Waals surface area contributed by atoms with Crippen molar-refractivity contribution in [2.24, 2.45) is 0 Å². The molecule has 0 saturated carbocycles. The first kappa shape index (κ1) is 29.7. The molecule has 1 saturated heterocycles. The predicted octanol–water partition coefficient (Wildman–Crippen LogP) is -1.74. The van der Waals surface area contributed by atoms with Crippen molar-refractivity contribution in [3.8, 4) is 0 Å². The lowest BCUT2D eigenvalue weighted by Crippen LogP contribution is -2.68. The van der Waals surface area contributed by atoms with Crippen LogP contribution in [0.1, 0.15) is 47.1 Å². The summed E-state index contributed by atoms with van der Waals surface area (Å²) in [7, 11) is -4.94. The van der Waals surface area contributed by atoms with Crippen LogP contribution in [-0.4, -0.2) is 58.2 Å². The number of carbonyl (C=O) groups is 2. The fraction of sp³-hybridized carbons (Fsp3) is 0.619. The Labute approximate surface area is 200 Å². The van der Waals surface area contributed by atoms with Gasteiger partial charge in [0, 0.05) is 18.6 Å². The van der Waals surface area contributed by atoms with Crippen molar-refractivity contribution < 1.29 is 57.3 Å². The van der Waals surface area contributed by atoms with Crippen LogP contribution in [0.3, 0.4) is 0 Å². The average molecular weight is 507 g/mol. The van der Waals surface area contributed by atoms with Gasteiger partial charge in [-0.3, -0.25) is 14.6 Å². The number of quaternary nitrogens is 1. The minimum Gasteiger partial charge on any atom is -0.456 e. The lowest BCUT2D eigenvalue weighted by Gasteiger charge is -2.25. The van der Waals surface area contributed by atoms with E-state index in [1.165, 1.54) is 12.1 Å². The summed E-state index contributed by atoms with van der Waals surface area (Å²) in [4.78, 5) is 35.2. The van der Waals surface area contributed by atoms with Gasteiger partial charge in [-0.25, -0.2) is 28.2 Å². The quantitative estimate of drug-likeness (QED) is 0.135. The number of non-ortho nitro benzene ring substituents is 1.